The molecule has 2 aliphatic rings. The number of carbonyl (C=O) groups excluding carboxylic acids is 1. The van der Waals surface area contributed by atoms with Crippen molar-refractivity contribution in [2.45, 2.75) is 72.8 Å². The first-order chi connectivity index (χ1) is 9.17. The summed E-state index contributed by atoms with van der Waals surface area (Å²) in [6.07, 6.45) is 6.70. The van der Waals surface area contributed by atoms with Crippen LogP contribution in [0.5, 0.6) is 0 Å². The summed E-state index contributed by atoms with van der Waals surface area (Å²) in [6, 6.07) is 0. The van der Waals surface area contributed by atoms with E-state index in [0.717, 1.165) is 25.7 Å². The molecule has 4 atom stereocenters. The predicted molar refractivity (Wildman–Crippen MR) is 82.4 cm³/mol. The van der Waals surface area contributed by atoms with Crippen molar-refractivity contribution in [1.82, 2.24) is 0 Å². The molecule has 0 aliphatic heterocycles. The van der Waals surface area contributed by atoms with Crippen LogP contribution < -0.4 is 0 Å². The SMILES string of the molecule is CC(=O)CC[C@H]1C(C)=CC[C@@H]2C(C)(C)C[C@H](O)C[C@@]21C. The molecule has 1 fully saturated rings. The number of ketones is 1. The first-order valence-corrected chi connectivity index (χ1v) is 8.01. The highest BCUT2D eigenvalue weighted by Gasteiger charge is 2.53. The third-order valence-corrected chi connectivity index (χ3v) is 5.98. The van der Waals surface area contributed by atoms with Gasteiger partial charge in [0.25, 0.3) is 0 Å². The van der Waals surface area contributed by atoms with Crippen LogP contribution >= 0.6 is 0 Å². The van der Waals surface area contributed by atoms with Crippen LogP contribution in [0.25, 0.3) is 0 Å². The maximum absolute atomic E-state index is 11.4. The van der Waals surface area contributed by atoms with Gasteiger partial charge in [0.1, 0.15) is 5.78 Å². The Balaban J connectivity index is 2.32. The van der Waals surface area contributed by atoms with E-state index < -0.39 is 0 Å². The van der Waals surface area contributed by atoms with E-state index >= 15 is 0 Å². The van der Waals surface area contributed by atoms with E-state index in [0.29, 0.717) is 18.3 Å². The Kier molecular flexibility index (Phi) is 4.17. The van der Waals surface area contributed by atoms with Gasteiger partial charge in [-0.2, -0.15) is 0 Å². The second-order valence-corrected chi connectivity index (χ2v) is 8.09. The molecule has 0 aromatic rings. The van der Waals surface area contributed by atoms with E-state index in [9.17, 15) is 9.90 Å². The maximum atomic E-state index is 11.4. The molecule has 1 N–H and O–H groups in total. The molecule has 0 aromatic carbocycles. The van der Waals surface area contributed by atoms with Crippen molar-refractivity contribution in [3.05, 3.63) is 11.6 Å². The van der Waals surface area contributed by atoms with Gasteiger partial charge >= 0.3 is 0 Å². The standard InChI is InChI=1S/C18H30O2/c1-12-6-9-16-17(3,4)10-14(20)11-18(16,5)15(12)8-7-13(2)19/h6,14-16,20H,7-11H2,1-5H3/t14-,15-,16+,18+/m0/s1. The number of carbonyl (C=O) groups is 1. The third kappa shape index (κ3) is 2.72. The molecular formula is C18H30O2. The van der Waals surface area contributed by atoms with Gasteiger partial charge < -0.3 is 9.90 Å². The molecule has 2 nitrogen and oxygen atoms in total. The number of rotatable bonds is 3. The zero-order valence-corrected chi connectivity index (χ0v) is 13.7. The predicted octanol–water partition coefficient (Wildman–Crippen LogP) is 4.13. The minimum absolute atomic E-state index is 0.134. The van der Waals surface area contributed by atoms with Crippen molar-refractivity contribution in [3.63, 3.8) is 0 Å². The monoisotopic (exact) mass is 278 g/mol. The van der Waals surface area contributed by atoms with Gasteiger partial charge in [-0.1, -0.05) is 32.4 Å². The summed E-state index contributed by atoms with van der Waals surface area (Å²) in [5, 5.41) is 10.3. The molecule has 0 heterocycles. The molecule has 0 saturated heterocycles. The molecule has 2 aliphatic carbocycles. The number of fused-ring (bicyclic) bond motifs is 1. The molecule has 2 heteroatoms. The number of Topliss-reactive ketones (excluding diaryl/α,β-unsaturated/α-hetero) is 1. The van der Waals surface area contributed by atoms with Crippen LogP contribution in [-0.4, -0.2) is 17.0 Å². The van der Waals surface area contributed by atoms with Crippen molar-refractivity contribution in [1.29, 1.82) is 0 Å². The summed E-state index contributed by atoms with van der Waals surface area (Å²) in [4.78, 5) is 11.4. The molecule has 0 amide bonds. The van der Waals surface area contributed by atoms with E-state index in [-0.39, 0.29) is 22.7 Å². The number of allylic oxidation sites excluding steroid dienone is 2. The topological polar surface area (TPSA) is 37.3 Å². The van der Waals surface area contributed by atoms with Crippen LogP contribution in [0.1, 0.15) is 66.7 Å². The molecule has 0 bridgehead atoms. The van der Waals surface area contributed by atoms with Crippen molar-refractivity contribution >= 4 is 5.78 Å². The first-order valence-electron chi connectivity index (χ1n) is 8.01. The van der Waals surface area contributed by atoms with Crippen LogP contribution in [0, 0.1) is 22.7 Å². The third-order valence-electron chi connectivity index (χ3n) is 5.98. The van der Waals surface area contributed by atoms with Gasteiger partial charge in [0.05, 0.1) is 6.10 Å². The minimum atomic E-state index is -0.197. The van der Waals surface area contributed by atoms with Gasteiger partial charge in [-0.3, -0.25) is 0 Å². The van der Waals surface area contributed by atoms with E-state index in [1.807, 2.05) is 0 Å². The fourth-order valence-corrected chi connectivity index (χ4v) is 5.21. The molecule has 2 rings (SSSR count). The van der Waals surface area contributed by atoms with Crippen LogP contribution in [0.3, 0.4) is 0 Å². The molecule has 1 saturated carbocycles. The maximum Gasteiger partial charge on any atom is 0.129 e. The second kappa shape index (κ2) is 5.29. The van der Waals surface area contributed by atoms with Crippen molar-refractivity contribution in [3.8, 4) is 0 Å². The normalized spacial score (nSPS) is 39.9. The van der Waals surface area contributed by atoms with Crippen LogP contribution in [0.2, 0.25) is 0 Å². The molecule has 0 spiro atoms. The fraction of sp³-hybridized carbons (Fsp3) is 0.833. The lowest BCUT2D eigenvalue weighted by Gasteiger charge is -2.58. The molecular weight excluding hydrogens is 248 g/mol. The van der Waals surface area contributed by atoms with Gasteiger partial charge in [0, 0.05) is 6.42 Å². The van der Waals surface area contributed by atoms with Gasteiger partial charge in [-0.25, -0.2) is 0 Å². The van der Waals surface area contributed by atoms with Crippen LogP contribution in [-0.2, 0) is 4.79 Å². The largest absolute Gasteiger partial charge is 0.393 e. The minimum Gasteiger partial charge on any atom is -0.393 e. The van der Waals surface area contributed by atoms with E-state index in [1.54, 1.807) is 6.92 Å². The van der Waals surface area contributed by atoms with Gasteiger partial charge in [-0.15, -0.1) is 0 Å². The average Bonchev–Trinajstić information content (AvgIpc) is 2.24. The number of aliphatic hydroxyl groups excluding tert-OH is 1. The van der Waals surface area contributed by atoms with Crippen molar-refractivity contribution in [2.75, 3.05) is 0 Å². The zero-order chi connectivity index (χ0) is 15.1. The summed E-state index contributed by atoms with van der Waals surface area (Å²) in [7, 11) is 0. The smallest absolute Gasteiger partial charge is 0.129 e. The molecule has 114 valence electrons. The van der Waals surface area contributed by atoms with Crippen molar-refractivity contribution in [2.24, 2.45) is 22.7 Å². The highest BCUT2D eigenvalue weighted by molar-refractivity contribution is 5.75. The van der Waals surface area contributed by atoms with E-state index in [1.165, 1.54) is 5.57 Å². The summed E-state index contributed by atoms with van der Waals surface area (Å²) in [6.45, 7) is 10.8. The first kappa shape index (κ1) is 15.8. The quantitative estimate of drug-likeness (QED) is 0.788. The lowest BCUT2D eigenvalue weighted by Crippen LogP contribution is -2.52. The number of aliphatic hydroxyl groups is 1. The average molecular weight is 278 g/mol. The second-order valence-electron chi connectivity index (χ2n) is 8.09. The Hall–Kier alpha value is -0.630. The van der Waals surface area contributed by atoms with Crippen molar-refractivity contribution < 1.29 is 9.90 Å². The van der Waals surface area contributed by atoms with Crippen LogP contribution in [0.4, 0.5) is 0 Å². The lowest BCUT2D eigenvalue weighted by atomic mass is 9.47. The highest BCUT2D eigenvalue weighted by atomic mass is 16.3. The molecule has 0 radical (unpaired) electrons. The molecule has 20 heavy (non-hydrogen) atoms. The fourth-order valence-electron chi connectivity index (χ4n) is 5.21. The molecule has 0 aromatic heterocycles. The summed E-state index contributed by atoms with van der Waals surface area (Å²) in [5.74, 6) is 1.33. The Morgan fingerprint density at radius 2 is 2.00 bits per heavy atom. The van der Waals surface area contributed by atoms with E-state index in [4.69, 9.17) is 0 Å². The van der Waals surface area contributed by atoms with Gasteiger partial charge in [0.2, 0.25) is 0 Å². The summed E-state index contributed by atoms with van der Waals surface area (Å²) in [5.41, 5.74) is 1.74. The van der Waals surface area contributed by atoms with Crippen LogP contribution in [0.15, 0.2) is 11.6 Å². The Labute approximate surface area is 123 Å². The zero-order valence-electron chi connectivity index (χ0n) is 13.7. The Morgan fingerprint density at radius 1 is 1.35 bits per heavy atom. The Bertz CT molecular complexity index is 421. The van der Waals surface area contributed by atoms with Gasteiger partial charge in [0.15, 0.2) is 0 Å². The summed E-state index contributed by atoms with van der Waals surface area (Å²) < 4.78 is 0. The van der Waals surface area contributed by atoms with Gasteiger partial charge in [-0.05, 0) is 62.2 Å². The highest BCUT2D eigenvalue weighted by Crippen LogP contribution is 2.60. The number of hydrogen-bond acceptors (Lipinski definition) is 2. The molecule has 0 unspecified atom stereocenters. The Morgan fingerprint density at radius 3 is 2.60 bits per heavy atom. The van der Waals surface area contributed by atoms with E-state index in [2.05, 4.69) is 33.8 Å². The number of hydrogen-bond donors (Lipinski definition) is 1. The summed E-state index contributed by atoms with van der Waals surface area (Å²) >= 11 is 0. The lowest BCUT2D eigenvalue weighted by molar-refractivity contribution is -0.118.